The summed E-state index contributed by atoms with van der Waals surface area (Å²) in [7, 11) is 5.63. The van der Waals surface area contributed by atoms with E-state index in [1.807, 2.05) is 60.7 Å². The number of esters is 2. The van der Waals surface area contributed by atoms with Crippen LogP contribution in [0.2, 0.25) is 0 Å². The van der Waals surface area contributed by atoms with E-state index in [4.69, 9.17) is 18.9 Å². The quantitative estimate of drug-likeness (QED) is 0.0827. The van der Waals surface area contributed by atoms with Gasteiger partial charge in [0.25, 0.3) is 0 Å². The van der Waals surface area contributed by atoms with Crippen LogP contribution in [0.5, 0.6) is 11.5 Å². The smallest absolute Gasteiger partial charge is 0.321 e. The van der Waals surface area contributed by atoms with E-state index in [1.165, 1.54) is 21.3 Å². The third kappa shape index (κ3) is 7.31. The van der Waals surface area contributed by atoms with Crippen molar-refractivity contribution in [3.05, 3.63) is 132 Å². The molecule has 0 fully saturated rings. The molecule has 0 saturated carbocycles. The van der Waals surface area contributed by atoms with Gasteiger partial charge < -0.3 is 39.1 Å². The summed E-state index contributed by atoms with van der Waals surface area (Å²) in [5, 5.41) is 20.6. The van der Waals surface area contributed by atoms with Gasteiger partial charge in [-0.25, -0.2) is 0 Å². The number of ether oxygens (including phenoxy) is 4. The largest absolute Gasteiger partial charge is 0.496 e. The number of carbonyl (C=O) groups excluding carboxylic acids is 2. The number of carbonyl (C=O) groups is 4. The summed E-state index contributed by atoms with van der Waals surface area (Å²) in [4.78, 5) is 54.8. The maximum Gasteiger partial charge on any atom is 0.321 e. The van der Waals surface area contributed by atoms with Crippen LogP contribution in [0.1, 0.15) is 34.1 Å². The van der Waals surface area contributed by atoms with Gasteiger partial charge in [-0.2, -0.15) is 0 Å². The molecule has 0 unspecified atom stereocenters. The minimum atomic E-state index is -1.62. The Kier molecular flexibility index (Phi) is 11.6. The lowest BCUT2D eigenvalue weighted by molar-refractivity contribution is -0.160. The van der Waals surface area contributed by atoms with Crippen molar-refractivity contribution in [1.82, 2.24) is 9.97 Å². The second-order valence-corrected chi connectivity index (χ2v) is 11.7. The fourth-order valence-corrected chi connectivity index (χ4v) is 6.62. The van der Waals surface area contributed by atoms with Gasteiger partial charge in [-0.15, -0.1) is 0 Å². The van der Waals surface area contributed by atoms with E-state index >= 15 is 0 Å². The van der Waals surface area contributed by atoms with Gasteiger partial charge >= 0.3 is 23.9 Å². The molecule has 0 aliphatic rings. The van der Waals surface area contributed by atoms with Gasteiger partial charge in [0.05, 0.1) is 28.4 Å². The van der Waals surface area contributed by atoms with E-state index < -0.39 is 47.5 Å². The average Bonchev–Trinajstić information content (AvgIpc) is 3.80. The number of methoxy groups -OCH3 is 4. The van der Waals surface area contributed by atoms with Crippen LogP contribution < -0.4 is 9.47 Å². The van der Waals surface area contributed by atoms with Crippen molar-refractivity contribution in [2.45, 2.75) is 11.8 Å². The van der Waals surface area contributed by atoms with E-state index in [1.54, 1.807) is 55.9 Å². The normalized spacial score (nSPS) is 12.1. The first-order chi connectivity index (χ1) is 25.2. The van der Waals surface area contributed by atoms with Gasteiger partial charge in [-0.3, -0.25) is 19.2 Å². The van der Waals surface area contributed by atoms with Crippen LogP contribution in [-0.2, 0) is 28.7 Å². The monoisotopic (exact) mass is 706 g/mol. The SMILES string of the molecule is COC(=O)C(C(=O)OC)[C@@H](c1ccccc1)c1c[nH]c2cccc(OC)c12.COc1cccc2[nH]cc([C@H](c3ccccc3)C(C(=O)O)C(=O)O)c12. The fraction of sp³-hybridized carbons (Fsp3) is 0.200. The Morgan fingerprint density at radius 2 is 0.904 bits per heavy atom. The van der Waals surface area contributed by atoms with Crippen LogP contribution in [0, 0.1) is 11.8 Å². The summed E-state index contributed by atoms with van der Waals surface area (Å²) in [5.74, 6) is -7.09. The number of aliphatic carboxylic acids is 2. The van der Waals surface area contributed by atoms with Crippen LogP contribution in [0.15, 0.2) is 109 Å². The molecule has 2 heterocycles. The molecule has 268 valence electrons. The minimum absolute atomic E-state index is 0.559. The molecule has 12 heteroatoms. The number of hydrogen-bond acceptors (Lipinski definition) is 8. The molecular weight excluding hydrogens is 668 g/mol. The lowest BCUT2D eigenvalue weighted by Crippen LogP contribution is -2.32. The van der Waals surface area contributed by atoms with Gasteiger partial charge in [0.1, 0.15) is 11.5 Å². The maximum absolute atomic E-state index is 12.5. The summed E-state index contributed by atoms with van der Waals surface area (Å²) in [6, 6.07) is 29.2. The van der Waals surface area contributed by atoms with Crippen LogP contribution in [-0.4, -0.2) is 72.5 Å². The number of aromatic amines is 2. The highest BCUT2D eigenvalue weighted by Gasteiger charge is 2.41. The number of fused-ring (bicyclic) bond motifs is 2. The van der Waals surface area contributed by atoms with E-state index in [9.17, 15) is 29.4 Å². The van der Waals surface area contributed by atoms with Crippen molar-refractivity contribution in [3.63, 3.8) is 0 Å². The molecule has 6 rings (SSSR count). The molecule has 0 saturated heterocycles. The summed E-state index contributed by atoms with van der Waals surface area (Å²) in [6.07, 6.45) is 3.45. The zero-order valence-corrected chi connectivity index (χ0v) is 28.9. The standard InChI is InChI=1S/C21H21NO5.C19H17NO5/c1-25-16-11-7-10-15-18(16)14(12-22-15)17(13-8-5-4-6-9-13)19(20(23)26-2)21(24)27-3;1-25-14-9-5-8-13-16(14)12(10-20-13)15(11-6-3-2-4-7-11)17(18(21)22)19(23)24/h4-12,17,19,22H,1-3H3;2-10,15,17,20H,1H3,(H,21,22)(H,23,24)/t17-;15-/m00/s1. The summed E-state index contributed by atoms with van der Waals surface area (Å²) in [5.41, 5.74) is 4.35. The Morgan fingerprint density at radius 1 is 0.519 bits per heavy atom. The molecule has 0 aliphatic heterocycles. The number of nitrogens with one attached hydrogen (secondary N) is 2. The van der Waals surface area contributed by atoms with Crippen LogP contribution >= 0.6 is 0 Å². The van der Waals surface area contributed by atoms with Crippen LogP contribution in [0.4, 0.5) is 0 Å². The minimum Gasteiger partial charge on any atom is -0.496 e. The molecule has 0 aliphatic carbocycles. The topological polar surface area (TPSA) is 177 Å². The van der Waals surface area contributed by atoms with Crippen LogP contribution in [0.25, 0.3) is 21.8 Å². The Labute approximate surface area is 298 Å². The van der Waals surface area contributed by atoms with E-state index in [0.717, 1.165) is 27.5 Å². The molecule has 12 nitrogen and oxygen atoms in total. The van der Waals surface area contributed by atoms with E-state index in [-0.39, 0.29) is 0 Å². The Hall–Kier alpha value is -6.56. The predicted octanol–water partition coefficient (Wildman–Crippen LogP) is 6.36. The van der Waals surface area contributed by atoms with E-state index in [2.05, 4.69) is 9.97 Å². The Balaban J connectivity index is 0.000000202. The number of hydrogen-bond donors (Lipinski definition) is 4. The molecular formula is C40H38N2O10. The van der Waals surface area contributed by atoms with Crippen molar-refractivity contribution in [1.29, 1.82) is 0 Å². The van der Waals surface area contributed by atoms with Gasteiger partial charge in [0.15, 0.2) is 11.8 Å². The highest BCUT2D eigenvalue weighted by molar-refractivity contribution is 5.99. The molecule has 6 aromatic rings. The summed E-state index contributed by atoms with van der Waals surface area (Å²) < 4.78 is 20.8. The maximum atomic E-state index is 12.5. The first kappa shape index (κ1) is 36.7. The zero-order chi connectivity index (χ0) is 37.4. The summed E-state index contributed by atoms with van der Waals surface area (Å²) >= 11 is 0. The van der Waals surface area contributed by atoms with Crippen molar-refractivity contribution >= 4 is 45.7 Å². The molecule has 2 aromatic heterocycles. The predicted molar refractivity (Wildman–Crippen MR) is 193 cm³/mol. The highest BCUT2D eigenvalue weighted by atomic mass is 16.5. The van der Waals surface area contributed by atoms with Crippen molar-refractivity contribution in [2.75, 3.05) is 28.4 Å². The number of H-pyrrole nitrogens is 2. The Morgan fingerprint density at radius 3 is 1.25 bits per heavy atom. The lowest BCUT2D eigenvalue weighted by Gasteiger charge is -2.24. The third-order valence-electron chi connectivity index (χ3n) is 8.93. The molecule has 0 spiro atoms. The zero-order valence-electron chi connectivity index (χ0n) is 28.9. The van der Waals surface area contributed by atoms with Crippen molar-refractivity contribution in [2.24, 2.45) is 11.8 Å². The summed E-state index contributed by atoms with van der Waals surface area (Å²) in [6.45, 7) is 0. The molecule has 4 aromatic carbocycles. The number of rotatable bonds is 12. The highest BCUT2D eigenvalue weighted by Crippen LogP contribution is 2.42. The molecule has 52 heavy (non-hydrogen) atoms. The fourth-order valence-electron chi connectivity index (χ4n) is 6.62. The molecule has 0 amide bonds. The van der Waals surface area contributed by atoms with Gasteiger partial charge in [-0.05, 0) is 46.5 Å². The molecule has 4 N–H and O–H groups in total. The number of benzene rings is 4. The van der Waals surface area contributed by atoms with Crippen LogP contribution in [0.3, 0.4) is 0 Å². The van der Waals surface area contributed by atoms with Crippen molar-refractivity contribution < 1.29 is 48.3 Å². The lowest BCUT2D eigenvalue weighted by atomic mass is 9.80. The second-order valence-electron chi connectivity index (χ2n) is 11.7. The molecule has 2 atom stereocenters. The molecule has 0 radical (unpaired) electrons. The molecule has 0 bridgehead atoms. The number of carboxylic acids is 2. The second kappa shape index (κ2) is 16.4. The van der Waals surface area contributed by atoms with Gasteiger partial charge in [0, 0.05) is 46.0 Å². The number of carboxylic acid groups (broad SMARTS) is 2. The van der Waals surface area contributed by atoms with Crippen molar-refractivity contribution in [3.8, 4) is 11.5 Å². The number of aromatic nitrogens is 2. The average molecular weight is 707 g/mol. The third-order valence-corrected chi connectivity index (χ3v) is 8.93. The van der Waals surface area contributed by atoms with Gasteiger partial charge in [-0.1, -0.05) is 72.8 Å². The van der Waals surface area contributed by atoms with E-state index in [0.29, 0.717) is 28.0 Å². The Bertz CT molecular complexity index is 2140. The van der Waals surface area contributed by atoms with Gasteiger partial charge in [0.2, 0.25) is 0 Å². The first-order valence-corrected chi connectivity index (χ1v) is 16.2. The first-order valence-electron chi connectivity index (χ1n) is 16.2.